The molecule has 1 amide bonds. The molecule has 28 heavy (non-hydrogen) atoms. The lowest BCUT2D eigenvalue weighted by Crippen LogP contribution is -2.13. The number of aromatic nitrogens is 1. The minimum atomic E-state index is -0.759. The van der Waals surface area contributed by atoms with E-state index in [4.69, 9.17) is 5.73 Å². The molecule has 3 aromatic rings. The summed E-state index contributed by atoms with van der Waals surface area (Å²) in [6, 6.07) is 10.7. The molecule has 1 aromatic heterocycles. The van der Waals surface area contributed by atoms with Crippen LogP contribution >= 0.6 is 11.3 Å². The zero-order valence-electron chi connectivity index (χ0n) is 14.6. The average Bonchev–Trinajstić information content (AvgIpc) is 3.09. The first-order valence-corrected chi connectivity index (χ1v) is 8.84. The average molecular weight is 397 g/mol. The second kappa shape index (κ2) is 7.84. The van der Waals surface area contributed by atoms with E-state index in [0.29, 0.717) is 21.6 Å². The van der Waals surface area contributed by atoms with Gasteiger partial charge in [-0.2, -0.15) is 5.10 Å². The maximum atomic E-state index is 11.5. The molecule has 3 rings (SSSR count). The van der Waals surface area contributed by atoms with Gasteiger partial charge in [0.2, 0.25) is 4.80 Å². The minimum absolute atomic E-state index is 0.0204. The van der Waals surface area contributed by atoms with Gasteiger partial charge in [0.1, 0.15) is 5.75 Å². The van der Waals surface area contributed by atoms with Gasteiger partial charge in [-0.15, -0.1) is 11.3 Å². The van der Waals surface area contributed by atoms with Gasteiger partial charge >= 0.3 is 0 Å². The van der Waals surface area contributed by atoms with Crippen molar-refractivity contribution in [1.29, 1.82) is 0 Å². The Labute approximate surface area is 162 Å². The zero-order valence-corrected chi connectivity index (χ0v) is 15.5. The normalized spacial score (nSPS) is 11.8. The summed E-state index contributed by atoms with van der Waals surface area (Å²) in [6.07, 6.45) is 1.37. The number of para-hydroxylation sites is 1. The highest BCUT2D eigenvalue weighted by Crippen LogP contribution is 2.26. The van der Waals surface area contributed by atoms with Crippen LogP contribution in [0, 0.1) is 10.1 Å². The van der Waals surface area contributed by atoms with E-state index in [1.165, 1.54) is 40.4 Å². The highest BCUT2D eigenvalue weighted by molar-refractivity contribution is 7.07. The first-order chi connectivity index (χ1) is 13.4. The molecule has 0 saturated heterocycles. The van der Waals surface area contributed by atoms with E-state index < -0.39 is 10.8 Å². The number of nitrogens with two attached hydrogens (primary N) is 1. The number of phenols is 1. The Morgan fingerprint density at radius 1 is 1.32 bits per heavy atom. The number of carbonyl (C=O) groups is 1. The van der Waals surface area contributed by atoms with E-state index in [2.05, 4.69) is 10.1 Å². The molecule has 0 spiro atoms. The number of amides is 1. The predicted molar refractivity (Wildman–Crippen MR) is 106 cm³/mol. The number of nitrogens with zero attached hydrogens (tertiary/aromatic N) is 4. The number of hydrogen-bond acceptors (Lipinski definition) is 7. The lowest BCUT2D eigenvalue weighted by molar-refractivity contribution is -0.385. The van der Waals surface area contributed by atoms with Crippen LogP contribution in [0.25, 0.3) is 11.3 Å². The second-order valence-electron chi connectivity index (χ2n) is 5.60. The largest absolute Gasteiger partial charge is 0.507 e. The van der Waals surface area contributed by atoms with Crippen molar-refractivity contribution in [3.05, 3.63) is 73.9 Å². The number of benzene rings is 2. The van der Waals surface area contributed by atoms with Crippen molar-refractivity contribution in [2.24, 2.45) is 15.8 Å². The number of primary amides is 1. The van der Waals surface area contributed by atoms with Crippen LogP contribution in [0.1, 0.15) is 15.9 Å². The number of thiazole rings is 1. The summed E-state index contributed by atoms with van der Waals surface area (Å²) in [5, 5.41) is 27.1. The Morgan fingerprint density at radius 3 is 2.75 bits per heavy atom. The van der Waals surface area contributed by atoms with Crippen LogP contribution in [0.3, 0.4) is 0 Å². The molecular weight excluding hydrogens is 382 g/mol. The van der Waals surface area contributed by atoms with E-state index >= 15 is 0 Å². The molecule has 0 saturated carbocycles. The molecular formula is C18H15N5O4S. The van der Waals surface area contributed by atoms with E-state index in [1.54, 1.807) is 36.7 Å². The molecule has 9 nitrogen and oxygen atoms in total. The molecule has 0 atom stereocenters. The van der Waals surface area contributed by atoms with Gasteiger partial charge in [-0.25, -0.2) is 4.68 Å². The number of aromatic hydroxyl groups is 1. The van der Waals surface area contributed by atoms with Gasteiger partial charge in [0.05, 0.1) is 28.0 Å². The highest BCUT2D eigenvalue weighted by atomic mass is 32.1. The summed E-state index contributed by atoms with van der Waals surface area (Å²) < 4.78 is 1.50. The van der Waals surface area contributed by atoms with Gasteiger partial charge in [-0.05, 0) is 24.3 Å². The van der Waals surface area contributed by atoms with Gasteiger partial charge in [-0.1, -0.05) is 12.1 Å². The monoisotopic (exact) mass is 397 g/mol. The summed E-state index contributed by atoms with van der Waals surface area (Å²) in [7, 11) is 1.60. The number of hydrogen-bond donors (Lipinski definition) is 2. The SMILES string of the molecule is CN=c1scc(-c2ccc(O)c(C(N)=O)c2)n1/N=C/c1ccccc1[N+](=O)[O-]. The maximum absolute atomic E-state index is 11.5. The minimum Gasteiger partial charge on any atom is -0.507 e. The Hall–Kier alpha value is -3.79. The predicted octanol–water partition coefficient (Wildman–Crippen LogP) is 2.34. The molecule has 0 aliphatic carbocycles. The van der Waals surface area contributed by atoms with Crippen LogP contribution in [-0.2, 0) is 0 Å². The summed E-state index contributed by atoms with van der Waals surface area (Å²) in [6.45, 7) is 0. The van der Waals surface area contributed by atoms with Crippen LogP contribution in [0.4, 0.5) is 5.69 Å². The van der Waals surface area contributed by atoms with Crippen molar-refractivity contribution >= 4 is 29.1 Å². The fraction of sp³-hybridized carbons (Fsp3) is 0.0556. The van der Waals surface area contributed by atoms with Crippen LogP contribution in [0.2, 0.25) is 0 Å². The fourth-order valence-electron chi connectivity index (χ4n) is 2.54. The Balaban J connectivity index is 2.12. The van der Waals surface area contributed by atoms with Gasteiger partial charge < -0.3 is 10.8 Å². The van der Waals surface area contributed by atoms with Gasteiger partial charge in [-0.3, -0.25) is 19.9 Å². The summed E-state index contributed by atoms with van der Waals surface area (Å²) >= 11 is 1.31. The summed E-state index contributed by atoms with van der Waals surface area (Å²) in [5.74, 6) is -0.980. The van der Waals surface area contributed by atoms with Crippen LogP contribution in [-0.4, -0.2) is 33.9 Å². The summed E-state index contributed by atoms with van der Waals surface area (Å²) in [5.41, 5.74) is 6.71. The summed E-state index contributed by atoms with van der Waals surface area (Å²) in [4.78, 5) is 26.9. The van der Waals surface area contributed by atoms with E-state index in [0.717, 1.165) is 0 Å². The third-order valence-electron chi connectivity index (χ3n) is 3.88. The van der Waals surface area contributed by atoms with Crippen molar-refractivity contribution < 1.29 is 14.8 Å². The van der Waals surface area contributed by atoms with Gasteiger partial charge in [0.25, 0.3) is 11.6 Å². The lowest BCUT2D eigenvalue weighted by Gasteiger charge is -2.06. The number of rotatable bonds is 5. The van der Waals surface area contributed by atoms with Crippen LogP contribution < -0.4 is 10.5 Å². The third-order valence-corrected chi connectivity index (χ3v) is 4.79. The Kier molecular flexibility index (Phi) is 5.32. The second-order valence-corrected chi connectivity index (χ2v) is 6.43. The molecule has 0 unspecified atom stereocenters. The van der Waals surface area contributed by atoms with Gasteiger partial charge in [0, 0.05) is 24.1 Å². The molecule has 3 N–H and O–H groups in total. The number of nitro benzene ring substituents is 1. The zero-order chi connectivity index (χ0) is 20.3. The number of carbonyl (C=O) groups excluding carboxylic acids is 1. The number of nitro groups is 1. The molecule has 10 heteroatoms. The smallest absolute Gasteiger partial charge is 0.278 e. The molecule has 0 fully saturated rings. The van der Waals surface area contributed by atoms with Crippen molar-refractivity contribution in [2.75, 3.05) is 7.05 Å². The molecule has 2 aromatic carbocycles. The maximum Gasteiger partial charge on any atom is 0.278 e. The topological polar surface area (TPSA) is 136 Å². The lowest BCUT2D eigenvalue weighted by atomic mass is 10.1. The van der Waals surface area contributed by atoms with Crippen molar-refractivity contribution in [2.45, 2.75) is 0 Å². The molecule has 142 valence electrons. The first kappa shape index (κ1) is 19.0. The molecule has 0 aliphatic rings. The Bertz CT molecular complexity index is 1160. The molecule has 1 heterocycles. The van der Waals surface area contributed by atoms with E-state index in [1.807, 2.05) is 0 Å². The molecule has 0 radical (unpaired) electrons. The van der Waals surface area contributed by atoms with E-state index in [9.17, 15) is 20.0 Å². The molecule has 0 aliphatic heterocycles. The standard InChI is InChI=1S/C18H15N5O4S/c1-20-18-22(21-9-12-4-2-3-5-14(12)23(26)27)15(10-28-18)11-6-7-16(24)13(8-11)17(19)25/h2-10,24H,1H3,(H2,19,25)/b20-18?,21-9+. The quantitative estimate of drug-likeness (QED) is 0.388. The highest BCUT2D eigenvalue weighted by Gasteiger charge is 2.14. The fourth-order valence-corrected chi connectivity index (χ4v) is 3.34. The van der Waals surface area contributed by atoms with Crippen LogP contribution in [0.5, 0.6) is 5.75 Å². The van der Waals surface area contributed by atoms with Crippen LogP contribution in [0.15, 0.2) is 57.9 Å². The first-order valence-electron chi connectivity index (χ1n) is 7.96. The molecule has 0 bridgehead atoms. The van der Waals surface area contributed by atoms with Crippen molar-refractivity contribution in [3.63, 3.8) is 0 Å². The third kappa shape index (κ3) is 3.67. The van der Waals surface area contributed by atoms with E-state index in [-0.39, 0.29) is 17.0 Å². The Morgan fingerprint density at radius 2 is 2.07 bits per heavy atom. The van der Waals surface area contributed by atoms with Gasteiger partial charge in [0.15, 0.2) is 0 Å². The van der Waals surface area contributed by atoms with Crippen molar-refractivity contribution in [1.82, 2.24) is 4.68 Å². The van der Waals surface area contributed by atoms with Crippen molar-refractivity contribution in [3.8, 4) is 17.0 Å².